The summed E-state index contributed by atoms with van der Waals surface area (Å²) in [7, 11) is 1.51. The molecular formula is C17H17ClN2O5. The molecule has 2 aromatic carbocycles. The van der Waals surface area contributed by atoms with Crippen molar-refractivity contribution in [1.82, 2.24) is 5.32 Å². The zero-order valence-corrected chi connectivity index (χ0v) is 14.5. The minimum atomic E-state index is -0.518. The Morgan fingerprint density at radius 1 is 1.28 bits per heavy atom. The SMILES string of the molecule is CCOc1c(Cl)cc(CNC(=O)c2ccc([N+](=O)[O-])cc2)cc1OC. The molecule has 0 aliphatic carbocycles. The van der Waals surface area contributed by atoms with Crippen molar-refractivity contribution in [3.05, 3.63) is 62.7 Å². The van der Waals surface area contributed by atoms with Crippen molar-refractivity contribution < 1.29 is 19.2 Å². The standard InChI is InChI=1S/C17H17ClN2O5/c1-3-25-16-14(18)8-11(9-15(16)24-2)10-19-17(21)12-4-6-13(7-5-12)20(22)23/h4-9H,3,10H2,1-2H3,(H,19,21). The molecule has 7 nitrogen and oxygen atoms in total. The fraction of sp³-hybridized carbons (Fsp3) is 0.235. The van der Waals surface area contributed by atoms with Crippen LogP contribution >= 0.6 is 11.6 Å². The highest BCUT2D eigenvalue weighted by Crippen LogP contribution is 2.36. The van der Waals surface area contributed by atoms with Gasteiger partial charge in [-0.15, -0.1) is 0 Å². The van der Waals surface area contributed by atoms with Gasteiger partial charge >= 0.3 is 0 Å². The predicted molar refractivity (Wildman–Crippen MR) is 93.4 cm³/mol. The molecular weight excluding hydrogens is 348 g/mol. The molecule has 0 aliphatic heterocycles. The van der Waals surface area contributed by atoms with Gasteiger partial charge in [0.2, 0.25) is 0 Å². The van der Waals surface area contributed by atoms with Crippen LogP contribution in [0.4, 0.5) is 5.69 Å². The molecule has 1 N–H and O–H groups in total. The highest BCUT2D eigenvalue weighted by molar-refractivity contribution is 6.32. The number of nitrogens with one attached hydrogen (secondary N) is 1. The molecule has 8 heteroatoms. The predicted octanol–water partition coefficient (Wildman–Crippen LogP) is 3.59. The number of nitro benzene ring substituents is 1. The summed E-state index contributed by atoms with van der Waals surface area (Å²) >= 11 is 6.19. The van der Waals surface area contributed by atoms with Gasteiger partial charge in [0.05, 0.1) is 23.7 Å². The average Bonchev–Trinajstić information content (AvgIpc) is 2.61. The van der Waals surface area contributed by atoms with Crippen LogP contribution in [-0.4, -0.2) is 24.5 Å². The third kappa shape index (κ3) is 4.60. The van der Waals surface area contributed by atoms with E-state index in [4.69, 9.17) is 21.1 Å². The minimum absolute atomic E-state index is 0.0698. The Hall–Kier alpha value is -2.80. The van der Waals surface area contributed by atoms with Crippen LogP contribution in [0.15, 0.2) is 36.4 Å². The summed E-state index contributed by atoms with van der Waals surface area (Å²) < 4.78 is 10.7. The van der Waals surface area contributed by atoms with E-state index in [1.54, 1.807) is 12.1 Å². The van der Waals surface area contributed by atoms with Gasteiger partial charge in [0.1, 0.15) is 0 Å². The molecule has 0 aromatic heterocycles. The third-order valence-electron chi connectivity index (χ3n) is 3.37. The van der Waals surface area contributed by atoms with E-state index in [0.29, 0.717) is 28.7 Å². The number of ether oxygens (including phenoxy) is 2. The second-order valence-electron chi connectivity index (χ2n) is 5.03. The number of non-ortho nitro benzene ring substituents is 1. The number of carbonyl (C=O) groups excluding carboxylic acids is 1. The molecule has 0 atom stereocenters. The maximum Gasteiger partial charge on any atom is 0.269 e. The molecule has 2 rings (SSSR count). The van der Waals surface area contributed by atoms with Gasteiger partial charge in [-0.2, -0.15) is 0 Å². The Bertz CT molecular complexity index is 777. The second kappa shape index (κ2) is 8.34. The Morgan fingerprint density at radius 3 is 2.52 bits per heavy atom. The van der Waals surface area contributed by atoms with E-state index < -0.39 is 4.92 Å². The molecule has 132 valence electrons. The zero-order chi connectivity index (χ0) is 18.4. The first-order valence-corrected chi connectivity index (χ1v) is 7.86. The van der Waals surface area contributed by atoms with Gasteiger partial charge in [-0.05, 0) is 36.8 Å². The van der Waals surface area contributed by atoms with Crippen molar-refractivity contribution in [1.29, 1.82) is 0 Å². The maximum atomic E-state index is 12.1. The van der Waals surface area contributed by atoms with Crippen molar-refractivity contribution in [2.45, 2.75) is 13.5 Å². The average molecular weight is 365 g/mol. The van der Waals surface area contributed by atoms with Crippen LogP contribution in [0.1, 0.15) is 22.8 Å². The van der Waals surface area contributed by atoms with Gasteiger partial charge in [-0.25, -0.2) is 0 Å². The van der Waals surface area contributed by atoms with Gasteiger partial charge < -0.3 is 14.8 Å². The third-order valence-corrected chi connectivity index (χ3v) is 3.65. The zero-order valence-electron chi connectivity index (χ0n) is 13.7. The Labute approximate surface area is 149 Å². The summed E-state index contributed by atoms with van der Waals surface area (Å²) in [5, 5.41) is 13.7. The number of nitrogens with zero attached hydrogens (tertiary/aromatic N) is 1. The van der Waals surface area contributed by atoms with Crippen molar-refractivity contribution >= 4 is 23.2 Å². The van der Waals surface area contributed by atoms with E-state index in [0.717, 1.165) is 5.56 Å². The number of carbonyl (C=O) groups is 1. The summed E-state index contributed by atoms with van der Waals surface area (Å²) in [5.41, 5.74) is 0.995. The van der Waals surface area contributed by atoms with Crippen LogP contribution in [-0.2, 0) is 6.54 Å². The first-order chi connectivity index (χ1) is 12.0. The van der Waals surface area contributed by atoms with Crippen LogP contribution in [0, 0.1) is 10.1 Å². The number of rotatable bonds is 7. The monoisotopic (exact) mass is 364 g/mol. The Morgan fingerprint density at radius 2 is 1.96 bits per heavy atom. The van der Waals surface area contributed by atoms with Crippen LogP contribution in [0.2, 0.25) is 5.02 Å². The lowest BCUT2D eigenvalue weighted by atomic mass is 10.1. The number of hydrogen-bond donors (Lipinski definition) is 1. The number of amides is 1. The Balaban J connectivity index is 2.08. The normalized spacial score (nSPS) is 10.2. The molecule has 1 amide bonds. The molecule has 0 fully saturated rings. The summed E-state index contributed by atoms with van der Waals surface area (Å²) in [6, 6.07) is 8.79. The van der Waals surface area contributed by atoms with Gasteiger partial charge in [-0.3, -0.25) is 14.9 Å². The largest absolute Gasteiger partial charge is 0.493 e. The number of nitro groups is 1. The van der Waals surface area contributed by atoms with E-state index in [-0.39, 0.29) is 18.1 Å². The van der Waals surface area contributed by atoms with E-state index >= 15 is 0 Å². The molecule has 0 saturated heterocycles. The van der Waals surface area contributed by atoms with Gasteiger partial charge in [0.25, 0.3) is 11.6 Å². The van der Waals surface area contributed by atoms with Gasteiger partial charge in [0, 0.05) is 24.2 Å². The molecule has 0 heterocycles. The van der Waals surface area contributed by atoms with Crippen molar-refractivity contribution in [2.24, 2.45) is 0 Å². The molecule has 2 aromatic rings. The maximum absolute atomic E-state index is 12.1. The molecule has 25 heavy (non-hydrogen) atoms. The fourth-order valence-electron chi connectivity index (χ4n) is 2.18. The van der Waals surface area contributed by atoms with Gasteiger partial charge in [0.15, 0.2) is 11.5 Å². The molecule has 0 spiro atoms. The first-order valence-electron chi connectivity index (χ1n) is 7.48. The van der Waals surface area contributed by atoms with Crippen LogP contribution in [0.25, 0.3) is 0 Å². The van der Waals surface area contributed by atoms with Crippen molar-refractivity contribution in [3.8, 4) is 11.5 Å². The topological polar surface area (TPSA) is 90.7 Å². The number of methoxy groups -OCH3 is 1. The molecule has 0 saturated carbocycles. The summed E-state index contributed by atoms with van der Waals surface area (Å²) in [6.45, 7) is 2.51. The van der Waals surface area contributed by atoms with Crippen LogP contribution in [0.3, 0.4) is 0 Å². The van der Waals surface area contributed by atoms with E-state index in [1.165, 1.54) is 31.4 Å². The molecule has 0 radical (unpaired) electrons. The molecule has 0 bridgehead atoms. The lowest BCUT2D eigenvalue weighted by Gasteiger charge is -2.13. The van der Waals surface area contributed by atoms with Gasteiger partial charge in [-0.1, -0.05) is 11.6 Å². The Kier molecular flexibility index (Phi) is 6.19. The summed E-state index contributed by atoms with van der Waals surface area (Å²) in [4.78, 5) is 22.2. The highest BCUT2D eigenvalue weighted by atomic mass is 35.5. The van der Waals surface area contributed by atoms with E-state index in [1.807, 2.05) is 6.92 Å². The lowest BCUT2D eigenvalue weighted by Crippen LogP contribution is -2.22. The van der Waals surface area contributed by atoms with E-state index in [2.05, 4.69) is 5.32 Å². The smallest absolute Gasteiger partial charge is 0.269 e. The second-order valence-corrected chi connectivity index (χ2v) is 5.44. The van der Waals surface area contributed by atoms with Crippen LogP contribution in [0.5, 0.6) is 11.5 Å². The van der Waals surface area contributed by atoms with E-state index in [9.17, 15) is 14.9 Å². The lowest BCUT2D eigenvalue weighted by molar-refractivity contribution is -0.384. The molecule has 0 unspecified atom stereocenters. The first kappa shape index (κ1) is 18.5. The summed E-state index contributed by atoms with van der Waals surface area (Å²) in [5.74, 6) is 0.588. The number of halogens is 1. The summed E-state index contributed by atoms with van der Waals surface area (Å²) in [6.07, 6.45) is 0. The van der Waals surface area contributed by atoms with Crippen molar-refractivity contribution in [3.63, 3.8) is 0 Å². The molecule has 0 aliphatic rings. The minimum Gasteiger partial charge on any atom is -0.493 e. The quantitative estimate of drug-likeness (QED) is 0.599. The van der Waals surface area contributed by atoms with Crippen molar-refractivity contribution in [2.75, 3.05) is 13.7 Å². The fourth-order valence-corrected chi connectivity index (χ4v) is 2.47. The number of benzene rings is 2. The highest BCUT2D eigenvalue weighted by Gasteiger charge is 2.13. The van der Waals surface area contributed by atoms with Crippen LogP contribution < -0.4 is 14.8 Å². The number of hydrogen-bond acceptors (Lipinski definition) is 5.